The van der Waals surface area contributed by atoms with Gasteiger partial charge in [0.15, 0.2) is 0 Å². The van der Waals surface area contributed by atoms with E-state index in [-0.39, 0.29) is 24.0 Å². The summed E-state index contributed by atoms with van der Waals surface area (Å²) < 4.78 is 10.4. The molecular formula is C22H36N2O4. The van der Waals surface area contributed by atoms with Crippen LogP contribution in [-0.4, -0.2) is 53.8 Å². The molecule has 1 fully saturated rings. The molecule has 2 rings (SSSR count). The van der Waals surface area contributed by atoms with E-state index < -0.39 is 11.1 Å². The summed E-state index contributed by atoms with van der Waals surface area (Å²) in [6, 6.07) is 0.491. The normalized spacial score (nSPS) is 30.2. The number of methoxy groups -OCH3 is 1. The summed E-state index contributed by atoms with van der Waals surface area (Å²) in [6.07, 6.45) is 11.4. The summed E-state index contributed by atoms with van der Waals surface area (Å²) in [7, 11) is 1.44. The van der Waals surface area contributed by atoms with Gasteiger partial charge in [-0.15, -0.1) is 0 Å². The lowest BCUT2D eigenvalue weighted by Crippen LogP contribution is -2.58. The number of carbonyl (C=O) groups is 2. The molecule has 28 heavy (non-hydrogen) atoms. The second-order valence-electron chi connectivity index (χ2n) is 8.91. The van der Waals surface area contributed by atoms with Gasteiger partial charge in [-0.05, 0) is 59.9 Å². The van der Waals surface area contributed by atoms with Crippen molar-refractivity contribution in [1.82, 2.24) is 10.2 Å². The van der Waals surface area contributed by atoms with Crippen molar-refractivity contribution in [2.24, 2.45) is 5.92 Å². The molecular weight excluding hydrogens is 356 g/mol. The van der Waals surface area contributed by atoms with Gasteiger partial charge in [0.25, 0.3) is 0 Å². The zero-order valence-corrected chi connectivity index (χ0v) is 18.2. The minimum absolute atomic E-state index is 0.135. The van der Waals surface area contributed by atoms with E-state index >= 15 is 0 Å². The Hall–Kier alpha value is -1.82. The van der Waals surface area contributed by atoms with E-state index in [0.717, 1.165) is 32.2 Å². The van der Waals surface area contributed by atoms with Crippen LogP contribution in [0.5, 0.6) is 0 Å². The molecule has 0 aliphatic heterocycles. The van der Waals surface area contributed by atoms with Crippen LogP contribution in [0.3, 0.4) is 0 Å². The molecule has 0 aromatic rings. The quantitative estimate of drug-likeness (QED) is 0.721. The van der Waals surface area contributed by atoms with E-state index in [9.17, 15) is 9.59 Å². The van der Waals surface area contributed by atoms with Crippen LogP contribution in [0.15, 0.2) is 24.3 Å². The topological polar surface area (TPSA) is 67.9 Å². The first kappa shape index (κ1) is 22.5. The molecule has 0 aromatic heterocycles. The second kappa shape index (κ2) is 9.12. The first-order valence-corrected chi connectivity index (χ1v) is 10.3. The number of hydrogen-bond donors (Lipinski definition) is 1. The maximum absolute atomic E-state index is 12.4. The number of nitrogens with one attached hydrogen (secondary N) is 1. The molecule has 2 atom stereocenters. The molecule has 1 amide bonds. The molecule has 1 N–H and O–H groups in total. The van der Waals surface area contributed by atoms with Crippen LogP contribution in [0, 0.1) is 5.92 Å². The Morgan fingerprint density at radius 2 is 1.82 bits per heavy atom. The van der Waals surface area contributed by atoms with Crippen LogP contribution in [-0.2, 0) is 14.3 Å². The van der Waals surface area contributed by atoms with E-state index in [0.29, 0.717) is 6.04 Å². The number of allylic oxidation sites excluding steroid dienone is 2. The van der Waals surface area contributed by atoms with Gasteiger partial charge in [-0.2, -0.15) is 0 Å². The number of esters is 1. The maximum atomic E-state index is 12.4. The molecule has 0 spiro atoms. The number of hydrogen-bond acceptors (Lipinski definition) is 5. The number of nitrogens with zero attached hydrogens (tertiary/aromatic N) is 1. The van der Waals surface area contributed by atoms with Crippen LogP contribution < -0.4 is 5.32 Å². The molecule has 0 heterocycles. The zero-order chi connectivity index (χ0) is 20.9. The molecule has 1 saturated carbocycles. The number of alkyl carbamates (subject to hydrolysis) is 1. The number of carbonyl (C=O) groups excluding carboxylic acids is 2. The highest BCUT2D eigenvalue weighted by molar-refractivity contribution is 5.77. The van der Waals surface area contributed by atoms with Crippen LogP contribution in [0.25, 0.3) is 0 Å². The lowest BCUT2D eigenvalue weighted by atomic mass is 9.77. The fourth-order valence-electron chi connectivity index (χ4n) is 4.44. The second-order valence-corrected chi connectivity index (χ2v) is 8.91. The van der Waals surface area contributed by atoms with Crippen molar-refractivity contribution >= 4 is 12.1 Å². The third-order valence-electron chi connectivity index (χ3n) is 5.75. The number of likely N-dealkylation sites (N-methyl/N-ethyl adjacent to an activating group) is 1. The van der Waals surface area contributed by atoms with Crippen molar-refractivity contribution in [3.05, 3.63) is 24.3 Å². The molecule has 2 aliphatic carbocycles. The van der Waals surface area contributed by atoms with E-state index in [1.807, 2.05) is 39.0 Å². The Balaban J connectivity index is 2.01. The van der Waals surface area contributed by atoms with Gasteiger partial charge >= 0.3 is 12.1 Å². The number of ether oxygens (including phenoxy) is 2. The largest absolute Gasteiger partial charge is 0.469 e. The summed E-state index contributed by atoms with van der Waals surface area (Å²) in [5.41, 5.74) is -0.898. The highest BCUT2D eigenvalue weighted by atomic mass is 16.6. The predicted octanol–water partition coefficient (Wildman–Crippen LogP) is 3.82. The highest BCUT2D eigenvalue weighted by Gasteiger charge is 2.44. The number of rotatable bonds is 5. The minimum atomic E-state index is -0.487. The van der Waals surface area contributed by atoms with Crippen molar-refractivity contribution in [3.8, 4) is 0 Å². The van der Waals surface area contributed by atoms with Gasteiger partial charge in [-0.3, -0.25) is 9.69 Å². The van der Waals surface area contributed by atoms with Crippen molar-refractivity contribution in [3.63, 3.8) is 0 Å². The third-order valence-corrected chi connectivity index (χ3v) is 5.75. The lowest BCUT2D eigenvalue weighted by Gasteiger charge is -2.49. The molecule has 2 aliphatic rings. The Bertz CT molecular complexity index is 615. The van der Waals surface area contributed by atoms with Crippen LogP contribution in [0.2, 0.25) is 0 Å². The Morgan fingerprint density at radius 3 is 2.36 bits per heavy atom. The van der Waals surface area contributed by atoms with Gasteiger partial charge in [0.05, 0.1) is 18.6 Å². The fourth-order valence-corrected chi connectivity index (χ4v) is 4.44. The van der Waals surface area contributed by atoms with Gasteiger partial charge in [0.2, 0.25) is 0 Å². The molecule has 0 aromatic carbocycles. The number of amides is 1. The summed E-state index contributed by atoms with van der Waals surface area (Å²) >= 11 is 0. The van der Waals surface area contributed by atoms with Crippen molar-refractivity contribution in [1.29, 1.82) is 0 Å². The summed E-state index contributed by atoms with van der Waals surface area (Å²) in [5, 5.41) is 3.00. The van der Waals surface area contributed by atoms with E-state index in [1.165, 1.54) is 7.11 Å². The summed E-state index contributed by atoms with van der Waals surface area (Å²) in [4.78, 5) is 26.8. The Labute approximate surface area is 169 Å². The maximum Gasteiger partial charge on any atom is 0.407 e. The van der Waals surface area contributed by atoms with Crippen LogP contribution in [0.1, 0.15) is 60.3 Å². The van der Waals surface area contributed by atoms with Crippen LogP contribution >= 0.6 is 0 Å². The summed E-state index contributed by atoms with van der Waals surface area (Å²) in [6.45, 7) is 10.7. The monoisotopic (exact) mass is 392 g/mol. The van der Waals surface area contributed by atoms with Crippen molar-refractivity contribution in [2.75, 3.05) is 13.7 Å². The molecule has 2 unspecified atom stereocenters. The molecule has 0 bridgehead atoms. The standard InChI is InChI=1S/C22H36N2O4/c1-7-24(22(5)15-9-8-10-18(22)19(25)27-6)17-13-11-16(12-14-17)23-20(26)28-21(2,3)4/h8-10,15-18H,7,11-14H2,1-6H3,(H,23,26). The highest BCUT2D eigenvalue weighted by Crippen LogP contribution is 2.36. The van der Waals surface area contributed by atoms with Gasteiger partial charge < -0.3 is 14.8 Å². The molecule has 0 radical (unpaired) electrons. The van der Waals surface area contributed by atoms with Gasteiger partial charge in [0, 0.05) is 12.1 Å². The summed E-state index contributed by atoms with van der Waals surface area (Å²) in [5.74, 6) is -0.526. The first-order valence-electron chi connectivity index (χ1n) is 10.3. The van der Waals surface area contributed by atoms with Gasteiger partial charge in [0.1, 0.15) is 5.60 Å². The minimum Gasteiger partial charge on any atom is -0.469 e. The van der Waals surface area contributed by atoms with Gasteiger partial charge in [-0.25, -0.2) is 4.79 Å². The molecule has 6 nitrogen and oxygen atoms in total. The van der Waals surface area contributed by atoms with Crippen molar-refractivity contribution in [2.45, 2.75) is 83.5 Å². The SMILES string of the molecule is CCN(C1CCC(NC(=O)OC(C)(C)C)CC1)C1(C)C=CC=CC1C(=O)OC. The van der Waals surface area contributed by atoms with E-state index in [2.05, 4.69) is 30.1 Å². The van der Waals surface area contributed by atoms with E-state index in [4.69, 9.17) is 9.47 Å². The smallest absolute Gasteiger partial charge is 0.407 e. The first-order chi connectivity index (χ1) is 13.1. The molecule has 6 heteroatoms. The molecule has 0 saturated heterocycles. The Kier molecular flexibility index (Phi) is 7.32. The zero-order valence-electron chi connectivity index (χ0n) is 18.2. The average molecular weight is 393 g/mol. The Morgan fingerprint density at radius 1 is 1.18 bits per heavy atom. The predicted molar refractivity (Wildman–Crippen MR) is 110 cm³/mol. The lowest BCUT2D eigenvalue weighted by molar-refractivity contribution is -0.148. The molecule has 158 valence electrons. The van der Waals surface area contributed by atoms with Gasteiger partial charge in [-0.1, -0.05) is 31.2 Å². The average Bonchev–Trinajstić information content (AvgIpc) is 2.61. The fraction of sp³-hybridized carbons (Fsp3) is 0.727. The third kappa shape index (κ3) is 5.37. The van der Waals surface area contributed by atoms with Crippen LogP contribution in [0.4, 0.5) is 4.79 Å². The van der Waals surface area contributed by atoms with E-state index in [1.54, 1.807) is 0 Å². The van der Waals surface area contributed by atoms with Crippen molar-refractivity contribution < 1.29 is 19.1 Å².